The van der Waals surface area contributed by atoms with Gasteiger partial charge in [0.25, 0.3) is 0 Å². The minimum atomic E-state index is -0.0552. The van der Waals surface area contributed by atoms with E-state index in [1.807, 2.05) is 6.07 Å². The predicted molar refractivity (Wildman–Crippen MR) is 59.1 cm³/mol. The van der Waals surface area contributed by atoms with Gasteiger partial charge in [0.05, 0.1) is 22.3 Å². The van der Waals surface area contributed by atoms with Gasteiger partial charge in [-0.2, -0.15) is 15.8 Å². The molecule has 76 valence electrons. The lowest BCUT2D eigenvalue weighted by atomic mass is 10.2. The van der Waals surface area contributed by atoms with Crippen LogP contribution < -0.4 is 5.32 Å². The fourth-order valence-corrected chi connectivity index (χ4v) is 1.18. The van der Waals surface area contributed by atoms with Crippen molar-refractivity contribution < 1.29 is 0 Å². The average Bonchev–Trinajstić information content (AvgIpc) is 2.32. The zero-order valence-electron chi connectivity index (χ0n) is 8.03. The molecule has 5 heteroatoms. The van der Waals surface area contributed by atoms with Crippen LogP contribution in [0.5, 0.6) is 0 Å². The SMILES string of the molecule is N#CC(C#N)=CNc1ccc(C#N)cc1Cl. The summed E-state index contributed by atoms with van der Waals surface area (Å²) in [4.78, 5) is 0. The molecule has 1 N–H and O–H groups in total. The largest absolute Gasteiger partial charge is 0.359 e. The van der Waals surface area contributed by atoms with Gasteiger partial charge in [-0.25, -0.2) is 0 Å². The molecule has 1 aromatic rings. The van der Waals surface area contributed by atoms with Crippen molar-refractivity contribution in [3.05, 3.63) is 40.6 Å². The maximum Gasteiger partial charge on any atom is 0.145 e. The van der Waals surface area contributed by atoms with Crippen LogP contribution in [0.3, 0.4) is 0 Å². The lowest BCUT2D eigenvalue weighted by Gasteiger charge is -2.03. The Kier molecular flexibility index (Phi) is 3.92. The lowest BCUT2D eigenvalue weighted by Crippen LogP contribution is -1.91. The lowest BCUT2D eigenvalue weighted by molar-refractivity contribution is 1.44. The van der Waals surface area contributed by atoms with Gasteiger partial charge in [-0.1, -0.05) is 11.6 Å². The second-order valence-corrected chi connectivity index (χ2v) is 3.14. The Morgan fingerprint density at radius 1 is 1.25 bits per heavy atom. The molecule has 0 spiro atoms. The second-order valence-electron chi connectivity index (χ2n) is 2.73. The summed E-state index contributed by atoms with van der Waals surface area (Å²) in [5.74, 6) is 0. The molecular formula is C11H5ClN4. The van der Waals surface area contributed by atoms with Crippen LogP contribution in [0.4, 0.5) is 5.69 Å². The van der Waals surface area contributed by atoms with Gasteiger partial charge < -0.3 is 5.32 Å². The normalized spacial score (nSPS) is 8.12. The molecule has 0 bridgehead atoms. The van der Waals surface area contributed by atoms with Crippen LogP contribution in [-0.4, -0.2) is 0 Å². The number of hydrogen-bond donors (Lipinski definition) is 1. The number of benzene rings is 1. The third kappa shape index (κ3) is 2.75. The molecule has 0 heterocycles. The van der Waals surface area contributed by atoms with Crippen molar-refractivity contribution in [3.63, 3.8) is 0 Å². The topological polar surface area (TPSA) is 83.4 Å². The van der Waals surface area contributed by atoms with Crippen molar-refractivity contribution in [1.82, 2.24) is 0 Å². The summed E-state index contributed by atoms with van der Waals surface area (Å²) in [5, 5.41) is 28.7. The Morgan fingerprint density at radius 2 is 1.94 bits per heavy atom. The first-order chi connectivity index (χ1) is 7.71. The van der Waals surface area contributed by atoms with Gasteiger partial charge in [0.15, 0.2) is 0 Å². The predicted octanol–water partition coefficient (Wildman–Crippen LogP) is 2.55. The van der Waals surface area contributed by atoms with Gasteiger partial charge in [0, 0.05) is 6.20 Å². The van der Waals surface area contributed by atoms with E-state index in [0.717, 1.165) is 0 Å². The maximum absolute atomic E-state index is 8.62. The fraction of sp³-hybridized carbons (Fsp3) is 0. The number of nitrogens with one attached hydrogen (secondary N) is 1. The van der Waals surface area contributed by atoms with E-state index in [0.29, 0.717) is 16.3 Å². The van der Waals surface area contributed by atoms with Crippen LogP contribution in [-0.2, 0) is 0 Å². The molecule has 0 saturated carbocycles. The fourth-order valence-electron chi connectivity index (χ4n) is 0.941. The van der Waals surface area contributed by atoms with Crippen LogP contribution in [0.25, 0.3) is 0 Å². The summed E-state index contributed by atoms with van der Waals surface area (Å²) in [6.07, 6.45) is 1.26. The quantitative estimate of drug-likeness (QED) is 0.789. The molecule has 1 rings (SSSR count). The van der Waals surface area contributed by atoms with Crippen molar-refractivity contribution >= 4 is 17.3 Å². The minimum Gasteiger partial charge on any atom is -0.359 e. The number of rotatable bonds is 2. The molecule has 16 heavy (non-hydrogen) atoms. The van der Waals surface area contributed by atoms with Gasteiger partial charge in [-0.15, -0.1) is 0 Å². The first-order valence-electron chi connectivity index (χ1n) is 4.18. The van der Waals surface area contributed by atoms with Crippen LogP contribution in [0, 0.1) is 34.0 Å². The van der Waals surface area contributed by atoms with E-state index >= 15 is 0 Å². The number of allylic oxidation sites excluding steroid dienone is 1. The van der Waals surface area contributed by atoms with E-state index in [9.17, 15) is 0 Å². The van der Waals surface area contributed by atoms with Crippen molar-refractivity contribution in [3.8, 4) is 18.2 Å². The molecule has 0 atom stereocenters. The van der Waals surface area contributed by atoms with Gasteiger partial charge in [0.2, 0.25) is 0 Å². The van der Waals surface area contributed by atoms with E-state index in [1.54, 1.807) is 24.3 Å². The van der Waals surface area contributed by atoms with Crippen LogP contribution >= 0.6 is 11.6 Å². The molecule has 0 aliphatic rings. The molecule has 0 saturated heterocycles. The second kappa shape index (κ2) is 5.41. The Balaban J connectivity index is 2.94. The summed E-state index contributed by atoms with van der Waals surface area (Å²) in [6, 6.07) is 10.0. The average molecular weight is 229 g/mol. The molecule has 1 aromatic carbocycles. The summed E-state index contributed by atoms with van der Waals surface area (Å²) in [5.41, 5.74) is 0.921. The standard InChI is InChI=1S/C11H5ClN4/c12-10-3-8(4-13)1-2-11(10)16-7-9(5-14)6-15/h1-3,7,16H. The molecule has 0 aliphatic carbocycles. The van der Waals surface area contributed by atoms with Crippen LogP contribution in [0.1, 0.15) is 5.56 Å². The van der Waals surface area contributed by atoms with E-state index in [-0.39, 0.29) is 5.57 Å². The summed E-state index contributed by atoms with van der Waals surface area (Å²) in [7, 11) is 0. The van der Waals surface area contributed by atoms with E-state index in [4.69, 9.17) is 27.4 Å². The highest BCUT2D eigenvalue weighted by molar-refractivity contribution is 6.33. The highest BCUT2D eigenvalue weighted by atomic mass is 35.5. The van der Waals surface area contributed by atoms with Crippen LogP contribution in [0.15, 0.2) is 30.0 Å². The van der Waals surface area contributed by atoms with Crippen molar-refractivity contribution in [2.75, 3.05) is 5.32 Å². The van der Waals surface area contributed by atoms with Crippen molar-refractivity contribution in [1.29, 1.82) is 15.8 Å². The Bertz CT molecular complexity index is 539. The maximum atomic E-state index is 8.62. The Labute approximate surface area is 97.6 Å². The number of nitrogens with zero attached hydrogens (tertiary/aromatic N) is 3. The zero-order chi connectivity index (χ0) is 12.0. The van der Waals surface area contributed by atoms with E-state index in [2.05, 4.69) is 5.32 Å². The Hall–Kier alpha value is -2.48. The van der Waals surface area contributed by atoms with Crippen LogP contribution in [0.2, 0.25) is 5.02 Å². The molecule has 4 nitrogen and oxygen atoms in total. The van der Waals surface area contributed by atoms with E-state index < -0.39 is 0 Å². The van der Waals surface area contributed by atoms with Crippen molar-refractivity contribution in [2.45, 2.75) is 0 Å². The first kappa shape index (κ1) is 11.6. The Morgan fingerprint density at radius 3 is 2.44 bits per heavy atom. The number of anilines is 1. The molecular weight excluding hydrogens is 224 g/mol. The first-order valence-corrected chi connectivity index (χ1v) is 4.55. The molecule has 0 aliphatic heterocycles. The number of nitriles is 3. The molecule has 0 radical (unpaired) electrons. The van der Waals surface area contributed by atoms with E-state index in [1.165, 1.54) is 12.3 Å². The smallest absolute Gasteiger partial charge is 0.145 e. The summed E-state index contributed by atoms with van der Waals surface area (Å²) < 4.78 is 0. The van der Waals surface area contributed by atoms with Gasteiger partial charge in [0.1, 0.15) is 17.7 Å². The number of halogens is 1. The monoisotopic (exact) mass is 228 g/mol. The number of hydrogen-bond acceptors (Lipinski definition) is 4. The molecule has 0 aromatic heterocycles. The molecule has 0 fully saturated rings. The highest BCUT2D eigenvalue weighted by Crippen LogP contribution is 2.22. The van der Waals surface area contributed by atoms with Gasteiger partial charge in [-0.05, 0) is 18.2 Å². The zero-order valence-corrected chi connectivity index (χ0v) is 8.78. The summed E-state index contributed by atoms with van der Waals surface area (Å²) in [6.45, 7) is 0. The third-order valence-corrected chi connectivity index (χ3v) is 2.02. The summed E-state index contributed by atoms with van der Waals surface area (Å²) >= 11 is 5.87. The molecule has 0 amide bonds. The van der Waals surface area contributed by atoms with Gasteiger partial charge in [-0.3, -0.25) is 0 Å². The third-order valence-electron chi connectivity index (χ3n) is 1.71. The van der Waals surface area contributed by atoms with Crippen molar-refractivity contribution in [2.24, 2.45) is 0 Å². The highest BCUT2D eigenvalue weighted by Gasteiger charge is 2.00. The van der Waals surface area contributed by atoms with Gasteiger partial charge >= 0.3 is 0 Å². The molecule has 0 unspecified atom stereocenters. The minimum absolute atomic E-state index is 0.0552.